The largest absolute Gasteiger partial charge is 0.461 e. The summed E-state index contributed by atoms with van der Waals surface area (Å²) >= 11 is 0. The molecule has 1 aliphatic heterocycles. The third-order valence-electron chi connectivity index (χ3n) is 6.64. The van der Waals surface area contributed by atoms with E-state index in [0.717, 1.165) is 19.3 Å². The van der Waals surface area contributed by atoms with Crippen LogP contribution in [0.3, 0.4) is 0 Å². The van der Waals surface area contributed by atoms with Gasteiger partial charge in [0.05, 0.1) is 11.2 Å². The van der Waals surface area contributed by atoms with Gasteiger partial charge in [-0.25, -0.2) is 0 Å². The van der Waals surface area contributed by atoms with Crippen molar-refractivity contribution in [3.05, 3.63) is 71.3 Å². The Hall–Kier alpha value is -1.58. The summed E-state index contributed by atoms with van der Waals surface area (Å²) < 4.78 is 12.9. The van der Waals surface area contributed by atoms with Crippen LogP contribution in [-0.2, 0) is 22.2 Å². The molecule has 2 aromatic carbocycles. The molecule has 0 aromatic heterocycles. The van der Waals surface area contributed by atoms with Crippen molar-refractivity contribution in [2.75, 3.05) is 0 Å². The van der Waals surface area contributed by atoms with Gasteiger partial charge in [0.2, 0.25) is 0 Å². The molecule has 26 heavy (non-hydrogen) atoms. The quantitative estimate of drug-likeness (QED) is 0.690. The average molecular weight is 348 g/mol. The minimum atomic E-state index is -0.272. The van der Waals surface area contributed by atoms with Gasteiger partial charge in [-0.1, -0.05) is 54.6 Å². The normalized spacial score (nSPS) is 26.5. The number of rotatable bonds is 3. The van der Waals surface area contributed by atoms with Crippen LogP contribution in [0.2, 0.25) is 5.82 Å². The van der Waals surface area contributed by atoms with E-state index in [2.05, 4.69) is 82.3 Å². The molecule has 0 bridgehead atoms. The first-order valence-electron chi connectivity index (χ1n) is 9.85. The highest BCUT2D eigenvalue weighted by Crippen LogP contribution is 2.49. The van der Waals surface area contributed by atoms with Crippen LogP contribution in [0, 0.1) is 0 Å². The lowest BCUT2D eigenvalue weighted by Crippen LogP contribution is -2.41. The Morgan fingerprint density at radius 1 is 0.885 bits per heavy atom. The van der Waals surface area contributed by atoms with Crippen molar-refractivity contribution in [3.8, 4) is 0 Å². The lowest BCUT2D eigenvalue weighted by atomic mass is 9.56. The van der Waals surface area contributed by atoms with Gasteiger partial charge in [-0.3, -0.25) is 0 Å². The summed E-state index contributed by atoms with van der Waals surface area (Å²) in [7, 11) is -0.137. The molecule has 136 valence electrons. The van der Waals surface area contributed by atoms with Gasteiger partial charge in [-0.2, -0.15) is 0 Å². The molecule has 0 unspecified atom stereocenters. The highest BCUT2D eigenvalue weighted by atomic mass is 16.7. The van der Waals surface area contributed by atoms with Crippen LogP contribution in [0.15, 0.2) is 54.6 Å². The molecular formula is C23H29BO2. The van der Waals surface area contributed by atoms with Crippen molar-refractivity contribution >= 4 is 7.12 Å². The highest BCUT2D eigenvalue weighted by Gasteiger charge is 2.55. The van der Waals surface area contributed by atoms with Gasteiger partial charge >= 0.3 is 7.12 Å². The van der Waals surface area contributed by atoms with Gasteiger partial charge < -0.3 is 9.31 Å². The molecule has 3 heteroatoms. The zero-order valence-corrected chi connectivity index (χ0v) is 16.4. The number of benzene rings is 2. The molecule has 1 fully saturated rings. The molecule has 0 spiro atoms. The number of fused-ring (bicyclic) bond motifs is 1. The Morgan fingerprint density at radius 3 is 2.19 bits per heavy atom. The summed E-state index contributed by atoms with van der Waals surface area (Å²) in [6.45, 7) is 8.60. The van der Waals surface area contributed by atoms with Crippen LogP contribution in [0.4, 0.5) is 0 Å². The second kappa shape index (κ2) is 6.54. The van der Waals surface area contributed by atoms with Crippen LogP contribution in [0.5, 0.6) is 0 Å². The number of hydrogen-bond donors (Lipinski definition) is 0. The molecule has 2 atom stereocenters. The summed E-state index contributed by atoms with van der Waals surface area (Å²) in [6.07, 6.45) is 3.26. The fourth-order valence-corrected chi connectivity index (χ4v) is 4.40. The molecule has 1 heterocycles. The SMILES string of the molecule is CC1(C)OB([C@H]2CCc3ccccc3[C@H]2Cc2ccccc2)OC1(C)C. The Kier molecular flexibility index (Phi) is 4.49. The van der Waals surface area contributed by atoms with Crippen LogP contribution in [-0.4, -0.2) is 18.3 Å². The van der Waals surface area contributed by atoms with Crippen LogP contribution in [0.1, 0.15) is 56.7 Å². The molecular weight excluding hydrogens is 319 g/mol. The maximum Gasteiger partial charge on any atom is 0.461 e. The third kappa shape index (κ3) is 3.12. The molecule has 1 saturated heterocycles. The standard InChI is InChI=1S/C23H29BO2/c1-22(2)23(3,4)26-24(25-22)21-15-14-18-12-8-9-13-19(18)20(21)16-17-10-6-5-7-11-17/h5-13,20-21H,14-16H2,1-4H3/t20-,21+/m1/s1. The lowest BCUT2D eigenvalue weighted by Gasteiger charge is -2.35. The summed E-state index contributed by atoms with van der Waals surface area (Å²) in [5.74, 6) is 0.809. The summed E-state index contributed by atoms with van der Waals surface area (Å²) in [6, 6.07) is 19.7. The molecule has 2 aliphatic rings. The van der Waals surface area contributed by atoms with Crippen LogP contribution in [0.25, 0.3) is 0 Å². The Bertz CT molecular complexity index is 753. The lowest BCUT2D eigenvalue weighted by molar-refractivity contribution is 0.00578. The van der Waals surface area contributed by atoms with E-state index in [-0.39, 0.29) is 18.3 Å². The third-order valence-corrected chi connectivity index (χ3v) is 6.64. The zero-order valence-electron chi connectivity index (χ0n) is 16.4. The first-order valence-corrected chi connectivity index (χ1v) is 9.85. The molecule has 0 amide bonds. The first-order chi connectivity index (χ1) is 12.4. The maximum absolute atomic E-state index is 6.46. The van der Waals surface area contributed by atoms with Gasteiger partial charge in [0.15, 0.2) is 0 Å². The second-order valence-electron chi connectivity index (χ2n) is 8.82. The van der Waals surface area contributed by atoms with Crippen molar-refractivity contribution in [3.63, 3.8) is 0 Å². The maximum atomic E-state index is 6.46. The van der Waals surface area contributed by atoms with E-state index in [1.54, 1.807) is 0 Å². The van der Waals surface area contributed by atoms with Gasteiger partial charge in [0.1, 0.15) is 0 Å². The molecule has 1 aliphatic carbocycles. The summed E-state index contributed by atoms with van der Waals surface area (Å²) in [5, 5.41) is 0. The van der Waals surface area contributed by atoms with Crippen molar-refractivity contribution in [2.24, 2.45) is 0 Å². The summed E-state index contributed by atoms with van der Waals surface area (Å²) in [4.78, 5) is 0. The van der Waals surface area contributed by atoms with Crippen molar-refractivity contribution in [1.82, 2.24) is 0 Å². The highest BCUT2D eigenvalue weighted by molar-refractivity contribution is 6.47. The molecule has 4 rings (SSSR count). The van der Waals surface area contributed by atoms with E-state index in [1.807, 2.05) is 0 Å². The average Bonchev–Trinajstić information content (AvgIpc) is 2.83. The molecule has 0 radical (unpaired) electrons. The Morgan fingerprint density at radius 2 is 1.50 bits per heavy atom. The monoisotopic (exact) mass is 348 g/mol. The van der Waals surface area contributed by atoms with Crippen LogP contribution < -0.4 is 0 Å². The van der Waals surface area contributed by atoms with Gasteiger partial charge in [-0.05, 0) is 69.6 Å². The molecule has 2 aromatic rings. The molecule has 0 N–H and O–H groups in total. The zero-order chi connectivity index (χ0) is 18.4. The number of aryl methyl sites for hydroxylation is 1. The van der Waals surface area contributed by atoms with Crippen molar-refractivity contribution < 1.29 is 9.31 Å². The van der Waals surface area contributed by atoms with Gasteiger partial charge in [0.25, 0.3) is 0 Å². The van der Waals surface area contributed by atoms with E-state index >= 15 is 0 Å². The van der Waals surface area contributed by atoms with Gasteiger partial charge in [-0.15, -0.1) is 0 Å². The minimum Gasteiger partial charge on any atom is -0.403 e. The smallest absolute Gasteiger partial charge is 0.403 e. The molecule has 2 nitrogen and oxygen atoms in total. The summed E-state index contributed by atoms with van der Waals surface area (Å²) in [5.41, 5.74) is 3.80. The van der Waals surface area contributed by atoms with E-state index in [4.69, 9.17) is 9.31 Å². The fraction of sp³-hybridized carbons (Fsp3) is 0.478. The van der Waals surface area contributed by atoms with E-state index in [1.165, 1.54) is 16.7 Å². The first kappa shape index (κ1) is 17.8. The minimum absolute atomic E-state index is 0.137. The van der Waals surface area contributed by atoms with Crippen LogP contribution >= 0.6 is 0 Å². The van der Waals surface area contributed by atoms with E-state index in [0.29, 0.717) is 11.7 Å². The van der Waals surface area contributed by atoms with Gasteiger partial charge in [0, 0.05) is 5.82 Å². The number of hydrogen-bond acceptors (Lipinski definition) is 2. The fourth-order valence-electron chi connectivity index (χ4n) is 4.40. The van der Waals surface area contributed by atoms with E-state index in [9.17, 15) is 0 Å². The Labute approximate surface area is 158 Å². The topological polar surface area (TPSA) is 18.5 Å². The van der Waals surface area contributed by atoms with Crippen molar-refractivity contribution in [1.29, 1.82) is 0 Å². The van der Waals surface area contributed by atoms with E-state index < -0.39 is 0 Å². The Balaban J connectivity index is 1.67. The second-order valence-corrected chi connectivity index (χ2v) is 8.82. The predicted molar refractivity (Wildman–Crippen MR) is 107 cm³/mol. The molecule has 0 saturated carbocycles. The predicted octanol–water partition coefficient (Wildman–Crippen LogP) is 5.42. The van der Waals surface area contributed by atoms with Crippen molar-refractivity contribution in [2.45, 2.75) is 69.9 Å².